The third kappa shape index (κ3) is 2.50. The molecule has 0 radical (unpaired) electrons. The zero-order chi connectivity index (χ0) is 13.2. The molecule has 3 aromatic heterocycles. The van der Waals surface area contributed by atoms with Crippen molar-refractivity contribution in [2.24, 2.45) is 7.05 Å². The van der Waals surface area contributed by atoms with Gasteiger partial charge in [0.05, 0.1) is 12.5 Å². The summed E-state index contributed by atoms with van der Waals surface area (Å²) in [5.74, 6) is 0.663. The molecule has 0 fully saturated rings. The maximum Gasteiger partial charge on any atom is 0.226 e. The van der Waals surface area contributed by atoms with Gasteiger partial charge >= 0.3 is 0 Å². The highest BCUT2D eigenvalue weighted by Crippen LogP contribution is 2.18. The van der Waals surface area contributed by atoms with Gasteiger partial charge in [-0.2, -0.15) is 15.1 Å². The maximum atomic E-state index is 5.85. The molecule has 2 N–H and O–H groups in total. The molecule has 3 aromatic rings. The van der Waals surface area contributed by atoms with E-state index in [0.717, 1.165) is 24.0 Å². The summed E-state index contributed by atoms with van der Waals surface area (Å²) in [4.78, 5) is 15.2. The van der Waals surface area contributed by atoms with Crippen LogP contribution >= 0.6 is 11.6 Å². The van der Waals surface area contributed by atoms with Gasteiger partial charge in [-0.05, 0) is 23.6 Å². The van der Waals surface area contributed by atoms with Crippen LogP contribution in [-0.4, -0.2) is 36.3 Å². The Kier molecular flexibility index (Phi) is 3.04. The van der Waals surface area contributed by atoms with Crippen molar-refractivity contribution in [1.29, 1.82) is 0 Å². The SMILES string of the molecule is Cn1cc(CCNc2nc(Cl)nc3nc[nH]c23)cn1. The lowest BCUT2D eigenvalue weighted by atomic mass is 10.2. The summed E-state index contributed by atoms with van der Waals surface area (Å²) in [5, 5.41) is 7.54. The van der Waals surface area contributed by atoms with Crippen molar-refractivity contribution in [3.8, 4) is 0 Å². The minimum absolute atomic E-state index is 0.184. The average Bonchev–Trinajstić information content (AvgIpc) is 2.98. The van der Waals surface area contributed by atoms with Gasteiger partial charge in [-0.15, -0.1) is 0 Å². The molecule has 0 aromatic carbocycles. The summed E-state index contributed by atoms with van der Waals surface area (Å²) < 4.78 is 1.78. The summed E-state index contributed by atoms with van der Waals surface area (Å²) in [6, 6.07) is 0. The molecule has 0 aliphatic rings. The molecule has 0 spiro atoms. The van der Waals surface area contributed by atoms with E-state index in [2.05, 4.69) is 30.4 Å². The van der Waals surface area contributed by atoms with Gasteiger partial charge in [0.15, 0.2) is 11.5 Å². The average molecular weight is 278 g/mol. The van der Waals surface area contributed by atoms with E-state index >= 15 is 0 Å². The van der Waals surface area contributed by atoms with Gasteiger partial charge in [0, 0.05) is 19.8 Å². The normalized spacial score (nSPS) is 11.1. The summed E-state index contributed by atoms with van der Waals surface area (Å²) in [6.07, 6.45) is 6.26. The van der Waals surface area contributed by atoms with Gasteiger partial charge in [-0.25, -0.2) is 4.98 Å². The van der Waals surface area contributed by atoms with Crippen molar-refractivity contribution in [2.45, 2.75) is 6.42 Å². The molecule has 0 aliphatic carbocycles. The summed E-state index contributed by atoms with van der Waals surface area (Å²) in [7, 11) is 1.90. The van der Waals surface area contributed by atoms with Crippen LogP contribution in [0.25, 0.3) is 11.2 Å². The molecule has 0 bridgehead atoms. The summed E-state index contributed by atoms with van der Waals surface area (Å²) in [6.45, 7) is 0.729. The quantitative estimate of drug-likeness (QED) is 0.704. The Morgan fingerprint density at radius 3 is 3.11 bits per heavy atom. The molecule has 3 rings (SSSR count). The highest BCUT2D eigenvalue weighted by atomic mass is 35.5. The monoisotopic (exact) mass is 277 g/mol. The number of imidazole rings is 1. The third-order valence-electron chi connectivity index (χ3n) is 2.72. The van der Waals surface area contributed by atoms with E-state index in [4.69, 9.17) is 11.6 Å². The Balaban J connectivity index is 1.73. The zero-order valence-corrected chi connectivity index (χ0v) is 11.0. The van der Waals surface area contributed by atoms with E-state index in [1.807, 2.05) is 19.4 Å². The van der Waals surface area contributed by atoms with E-state index in [1.165, 1.54) is 0 Å². The lowest BCUT2D eigenvalue weighted by Crippen LogP contribution is -2.07. The predicted molar refractivity (Wildman–Crippen MR) is 72.1 cm³/mol. The smallest absolute Gasteiger partial charge is 0.226 e. The summed E-state index contributed by atoms with van der Waals surface area (Å²) >= 11 is 5.85. The van der Waals surface area contributed by atoms with Crippen LogP contribution in [0, 0.1) is 0 Å². The van der Waals surface area contributed by atoms with E-state index in [1.54, 1.807) is 11.0 Å². The van der Waals surface area contributed by atoms with E-state index in [9.17, 15) is 0 Å². The third-order valence-corrected chi connectivity index (χ3v) is 2.89. The molecule has 19 heavy (non-hydrogen) atoms. The molecule has 7 nitrogen and oxygen atoms in total. The Labute approximate surface area is 114 Å². The molecular weight excluding hydrogens is 266 g/mol. The molecule has 0 unspecified atom stereocenters. The number of nitrogens with zero attached hydrogens (tertiary/aromatic N) is 5. The van der Waals surface area contributed by atoms with E-state index in [0.29, 0.717) is 11.5 Å². The molecule has 0 aliphatic heterocycles. The first kappa shape index (κ1) is 11.9. The van der Waals surface area contributed by atoms with Crippen molar-refractivity contribution in [3.05, 3.63) is 29.6 Å². The molecule has 0 saturated carbocycles. The fourth-order valence-corrected chi connectivity index (χ4v) is 2.03. The second kappa shape index (κ2) is 4.85. The van der Waals surface area contributed by atoms with Crippen LogP contribution in [0.3, 0.4) is 0 Å². The van der Waals surface area contributed by atoms with Crippen molar-refractivity contribution in [2.75, 3.05) is 11.9 Å². The molecule has 0 amide bonds. The number of nitrogens with one attached hydrogen (secondary N) is 2. The van der Waals surface area contributed by atoms with Crippen molar-refractivity contribution >= 4 is 28.6 Å². The van der Waals surface area contributed by atoms with Crippen molar-refractivity contribution < 1.29 is 0 Å². The minimum Gasteiger partial charge on any atom is -0.368 e. The highest BCUT2D eigenvalue weighted by molar-refractivity contribution is 6.28. The van der Waals surface area contributed by atoms with Gasteiger partial charge in [0.1, 0.15) is 5.52 Å². The lowest BCUT2D eigenvalue weighted by Gasteiger charge is -2.05. The van der Waals surface area contributed by atoms with Gasteiger partial charge < -0.3 is 10.3 Å². The fraction of sp³-hybridized carbons (Fsp3) is 0.273. The van der Waals surface area contributed by atoms with Crippen molar-refractivity contribution in [1.82, 2.24) is 29.7 Å². The number of halogens is 1. The van der Waals surface area contributed by atoms with Crippen LogP contribution in [-0.2, 0) is 13.5 Å². The molecule has 3 heterocycles. The Bertz CT molecular complexity index is 702. The topological polar surface area (TPSA) is 84.3 Å². The number of aryl methyl sites for hydroxylation is 1. The number of anilines is 1. The maximum absolute atomic E-state index is 5.85. The molecule has 0 saturated heterocycles. The van der Waals surface area contributed by atoms with Crippen LogP contribution in [0.1, 0.15) is 5.56 Å². The van der Waals surface area contributed by atoms with Crippen LogP contribution in [0.4, 0.5) is 5.82 Å². The van der Waals surface area contributed by atoms with Crippen molar-refractivity contribution in [3.63, 3.8) is 0 Å². The number of H-pyrrole nitrogens is 1. The van der Waals surface area contributed by atoms with Gasteiger partial charge in [-0.1, -0.05) is 0 Å². The number of hydrogen-bond donors (Lipinski definition) is 2. The number of fused-ring (bicyclic) bond motifs is 1. The Hall–Kier alpha value is -2.15. The standard InChI is InChI=1S/C11H12ClN7/c1-19-5-7(4-16-19)2-3-13-9-8-10(15-6-14-8)18-11(12)17-9/h4-6H,2-3H2,1H3,(H2,13,14,15,17,18). The van der Waals surface area contributed by atoms with Crippen LogP contribution in [0.15, 0.2) is 18.7 Å². The van der Waals surface area contributed by atoms with E-state index in [-0.39, 0.29) is 5.28 Å². The lowest BCUT2D eigenvalue weighted by molar-refractivity contribution is 0.767. The zero-order valence-electron chi connectivity index (χ0n) is 10.3. The number of hydrogen-bond acceptors (Lipinski definition) is 5. The van der Waals surface area contributed by atoms with Crippen LogP contribution in [0.2, 0.25) is 5.28 Å². The second-order valence-electron chi connectivity index (χ2n) is 4.14. The Morgan fingerprint density at radius 2 is 2.32 bits per heavy atom. The predicted octanol–water partition coefficient (Wildman–Crippen LogP) is 1.39. The first-order chi connectivity index (χ1) is 9.22. The second-order valence-corrected chi connectivity index (χ2v) is 4.48. The number of aromatic nitrogens is 6. The largest absolute Gasteiger partial charge is 0.368 e. The van der Waals surface area contributed by atoms with Gasteiger partial charge in [0.2, 0.25) is 5.28 Å². The fourth-order valence-electron chi connectivity index (χ4n) is 1.86. The van der Waals surface area contributed by atoms with Crippen LogP contribution < -0.4 is 5.32 Å². The van der Waals surface area contributed by atoms with Crippen LogP contribution in [0.5, 0.6) is 0 Å². The van der Waals surface area contributed by atoms with Gasteiger partial charge in [-0.3, -0.25) is 4.68 Å². The summed E-state index contributed by atoms with van der Waals surface area (Å²) in [5.41, 5.74) is 2.48. The first-order valence-corrected chi connectivity index (χ1v) is 6.18. The molecule has 8 heteroatoms. The highest BCUT2D eigenvalue weighted by Gasteiger charge is 2.08. The number of aromatic amines is 1. The van der Waals surface area contributed by atoms with Gasteiger partial charge in [0.25, 0.3) is 0 Å². The number of rotatable bonds is 4. The molecule has 0 atom stereocenters. The molecule has 98 valence electrons. The van der Waals surface area contributed by atoms with E-state index < -0.39 is 0 Å². The molecular formula is C11H12ClN7. The first-order valence-electron chi connectivity index (χ1n) is 5.80. The minimum atomic E-state index is 0.184. The Morgan fingerprint density at radius 1 is 1.42 bits per heavy atom.